The fourth-order valence-electron chi connectivity index (χ4n) is 2.13. The second-order valence-electron chi connectivity index (χ2n) is 4.98. The number of amides is 1. The summed E-state index contributed by atoms with van der Waals surface area (Å²) in [6.45, 7) is 6.08. The standard InChI is InChI=1S/C12H17N3O3/c1-7(2)9-4-10-12(18)14(6-11(16)17)5-8(3)15(10)13-9/h4,7-8H,5-6H2,1-3H3,(H,16,17)/t8-/m1/s1. The van der Waals surface area contributed by atoms with Crippen LogP contribution in [0.4, 0.5) is 0 Å². The zero-order valence-electron chi connectivity index (χ0n) is 10.8. The molecule has 0 saturated carbocycles. The Labute approximate surface area is 105 Å². The van der Waals surface area contributed by atoms with Gasteiger partial charge in [0, 0.05) is 6.54 Å². The monoisotopic (exact) mass is 251 g/mol. The summed E-state index contributed by atoms with van der Waals surface area (Å²) in [6.07, 6.45) is 0. The summed E-state index contributed by atoms with van der Waals surface area (Å²) in [5.41, 5.74) is 1.35. The minimum Gasteiger partial charge on any atom is -0.480 e. The molecule has 2 heterocycles. The van der Waals surface area contributed by atoms with Crippen molar-refractivity contribution in [1.82, 2.24) is 14.7 Å². The molecule has 1 aromatic rings. The number of hydrogen-bond donors (Lipinski definition) is 1. The highest BCUT2D eigenvalue weighted by atomic mass is 16.4. The Morgan fingerprint density at radius 2 is 2.28 bits per heavy atom. The van der Waals surface area contributed by atoms with Gasteiger partial charge in [-0.25, -0.2) is 0 Å². The summed E-state index contributed by atoms with van der Waals surface area (Å²) in [5.74, 6) is -1.00. The average molecular weight is 251 g/mol. The van der Waals surface area contributed by atoms with Gasteiger partial charge in [0.15, 0.2) is 0 Å². The Bertz CT molecular complexity index is 493. The van der Waals surface area contributed by atoms with Gasteiger partial charge in [-0.1, -0.05) is 13.8 Å². The Kier molecular flexibility index (Phi) is 3.11. The van der Waals surface area contributed by atoms with Crippen LogP contribution in [0.3, 0.4) is 0 Å². The fraction of sp³-hybridized carbons (Fsp3) is 0.583. The molecule has 0 aliphatic carbocycles. The van der Waals surface area contributed by atoms with E-state index in [-0.39, 0.29) is 24.4 Å². The molecule has 0 unspecified atom stereocenters. The minimum absolute atomic E-state index is 0.00421. The number of aromatic nitrogens is 2. The van der Waals surface area contributed by atoms with E-state index in [4.69, 9.17) is 5.11 Å². The quantitative estimate of drug-likeness (QED) is 0.873. The fourth-order valence-corrected chi connectivity index (χ4v) is 2.13. The van der Waals surface area contributed by atoms with Crippen LogP contribution in [0.2, 0.25) is 0 Å². The van der Waals surface area contributed by atoms with E-state index in [9.17, 15) is 9.59 Å². The third kappa shape index (κ3) is 2.10. The van der Waals surface area contributed by atoms with Crippen molar-refractivity contribution in [2.45, 2.75) is 32.7 Å². The van der Waals surface area contributed by atoms with Crippen molar-refractivity contribution < 1.29 is 14.7 Å². The number of aliphatic carboxylic acids is 1. The van der Waals surface area contributed by atoms with Crippen molar-refractivity contribution in [1.29, 1.82) is 0 Å². The van der Waals surface area contributed by atoms with Gasteiger partial charge in [-0.15, -0.1) is 0 Å². The second kappa shape index (κ2) is 4.44. The topological polar surface area (TPSA) is 75.4 Å². The maximum atomic E-state index is 12.1. The zero-order valence-corrected chi connectivity index (χ0v) is 10.8. The molecule has 98 valence electrons. The maximum Gasteiger partial charge on any atom is 0.323 e. The molecule has 1 amide bonds. The van der Waals surface area contributed by atoms with Crippen LogP contribution in [-0.4, -0.2) is 44.8 Å². The molecule has 1 aliphatic rings. The van der Waals surface area contributed by atoms with E-state index in [1.807, 2.05) is 20.8 Å². The van der Waals surface area contributed by atoms with Crippen molar-refractivity contribution >= 4 is 11.9 Å². The second-order valence-corrected chi connectivity index (χ2v) is 4.98. The van der Waals surface area contributed by atoms with Crippen LogP contribution >= 0.6 is 0 Å². The first-order chi connectivity index (χ1) is 8.40. The molecule has 0 aromatic carbocycles. The van der Waals surface area contributed by atoms with E-state index in [1.165, 1.54) is 4.90 Å². The Balaban J connectivity index is 2.35. The highest BCUT2D eigenvalue weighted by Crippen LogP contribution is 2.24. The van der Waals surface area contributed by atoms with E-state index in [0.717, 1.165) is 5.69 Å². The molecule has 0 bridgehead atoms. The molecule has 0 saturated heterocycles. The predicted molar refractivity (Wildman–Crippen MR) is 64.6 cm³/mol. The number of carboxylic acid groups (broad SMARTS) is 1. The van der Waals surface area contributed by atoms with E-state index < -0.39 is 5.97 Å². The van der Waals surface area contributed by atoms with E-state index in [1.54, 1.807) is 10.7 Å². The molecule has 6 heteroatoms. The molecular weight excluding hydrogens is 234 g/mol. The van der Waals surface area contributed by atoms with Crippen molar-refractivity contribution in [3.8, 4) is 0 Å². The van der Waals surface area contributed by atoms with Crippen LogP contribution in [0.25, 0.3) is 0 Å². The molecule has 2 rings (SSSR count). The van der Waals surface area contributed by atoms with Crippen molar-refractivity contribution in [3.63, 3.8) is 0 Å². The van der Waals surface area contributed by atoms with Gasteiger partial charge in [0.2, 0.25) is 0 Å². The molecule has 1 atom stereocenters. The molecular formula is C12H17N3O3. The summed E-state index contributed by atoms with van der Waals surface area (Å²) in [4.78, 5) is 24.2. The van der Waals surface area contributed by atoms with E-state index in [0.29, 0.717) is 12.2 Å². The Morgan fingerprint density at radius 1 is 1.61 bits per heavy atom. The number of carbonyl (C=O) groups is 2. The largest absolute Gasteiger partial charge is 0.480 e. The molecule has 0 fully saturated rings. The first kappa shape index (κ1) is 12.6. The van der Waals surface area contributed by atoms with Gasteiger partial charge < -0.3 is 10.0 Å². The SMILES string of the molecule is CC(C)c1cc2n(n1)[C@H](C)CN(CC(=O)O)C2=O. The van der Waals surface area contributed by atoms with Gasteiger partial charge in [-0.05, 0) is 18.9 Å². The number of hydrogen-bond acceptors (Lipinski definition) is 3. The lowest BCUT2D eigenvalue weighted by atomic mass is 10.1. The van der Waals surface area contributed by atoms with Gasteiger partial charge in [0.1, 0.15) is 12.2 Å². The third-order valence-electron chi connectivity index (χ3n) is 3.08. The highest BCUT2D eigenvalue weighted by molar-refractivity contribution is 5.95. The van der Waals surface area contributed by atoms with E-state index >= 15 is 0 Å². The van der Waals surface area contributed by atoms with Crippen molar-refractivity contribution in [3.05, 3.63) is 17.5 Å². The molecule has 1 aromatic heterocycles. The van der Waals surface area contributed by atoms with Gasteiger partial charge in [-0.2, -0.15) is 5.10 Å². The van der Waals surface area contributed by atoms with Crippen LogP contribution in [0.5, 0.6) is 0 Å². The number of rotatable bonds is 3. The lowest BCUT2D eigenvalue weighted by molar-refractivity contribution is -0.137. The number of carboxylic acids is 1. The summed E-state index contributed by atoms with van der Waals surface area (Å²) >= 11 is 0. The van der Waals surface area contributed by atoms with Crippen molar-refractivity contribution in [2.24, 2.45) is 0 Å². The Morgan fingerprint density at radius 3 is 2.83 bits per heavy atom. The summed E-state index contributed by atoms with van der Waals surface area (Å²) in [5, 5.41) is 13.2. The first-order valence-electron chi connectivity index (χ1n) is 6.00. The van der Waals surface area contributed by atoms with Crippen LogP contribution < -0.4 is 0 Å². The normalized spacial score (nSPS) is 19.2. The molecule has 0 radical (unpaired) electrons. The van der Waals surface area contributed by atoms with Crippen LogP contribution in [0.15, 0.2) is 6.07 Å². The minimum atomic E-state index is -0.993. The van der Waals surface area contributed by atoms with Gasteiger partial charge >= 0.3 is 5.97 Å². The number of carbonyl (C=O) groups excluding carboxylic acids is 1. The van der Waals surface area contributed by atoms with Crippen molar-refractivity contribution in [2.75, 3.05) is 13.1 Å². The maximum absolute atomic E-state index is 12.1. The number of fused-ring (bicyclic) bond motifs is 1. The summed E-state index contributed by atoms with van der Waals surface area (Å²) in [7, 11) is 0. The smallest absolute Gasteiger partial charge is 0.323 e. The summed E-state index contributed by atoms with van der Waals surface area (Å²) < 4.78 is 1.70. The molecule has 0 spiro atoms. The molecule has 18 heavy (non-hydrogen) atoms. The molecule has 1 aliphatic heterocycles. The molecule has 6 nitrogen and oxygen atoms in total. The van der Waals surface area contributed by atoms with Gasteiger partial charge in [-0.3, -0.25) is 14.3 Å². The molecule has 1 N–H and O–H groups in total. The van der Waals surface area contributed by atoms with Crippen LogP contribution in [0.1, 0.15) is 48.9 Å². The number of nitrogens with zero attached hydrogens (tertiary/aromatic N) is 3. The lowest BCUT2D eigenvalue weighted by Gasteiger charge is -2.30. The summed E-state index contributed by atoms with van der Waals surface area (Å²) in [6, 6.07) is 1.77. The zero-order chi connectivity index (χ0) is 13.4. The average Bonchev–Trinajstić information content (AvgIpc) is 2.70. The van der Waals surface area contributed by atoms with Gasteiger partial charge in [0.05, 0.1) is 11.7 Å². The third-order valence-corrected chi connectivity index (χ3v) is 3.08. The highest BCUT2D eigenvalue weighted by Gasteiger charge is 2.31. The predicted octanol–water partition coefficient (Wildman–Crippen LogP) is 1.11. The lowest BCUT2D eigenvalue weighted by Crippen LogP contribution is -2.44. The van der Waals surface area contributed by atoms with Crippen LogP contribution in [-0.2, 0) is 4.79 Å². The van der Waals surface area contributed by atoms with Gasteiger partial charge in [0.25, 0.3) is 5.91 Å². The first-order valence-corrected chi connectivity index (χ1v) is 6.00. The Hall–Kier alpha value is -1.85. The van der Waals surface area contributed by atoms with Crippen LogP contribution in [0, 0.1) is 0 Å². The van der Waals surface area contributed by atoms with E-state index in [2.05, 4.69) is 5.10 Å².